The molecule has 0 unspecified atom stereocenters. The second-order valence-corrected chi connectivity index (χ2v) is 23.0. The van der Waals surface area contributed by atoms with Crippen molar-refractivity contribution in [1.82, 2.24) is 25.3 Å². The molecule has 5 aromatic rings. The lowest BCUT2D eigenvalue weighted by molar-refractivity contribution is -0.180. The van der Waals surface area contributed by atoms with Crippen molar-refractivity contribution in [3.8, 4) is 39.6 Å². The van der Waals surface area contributed by atoms with Crippen LogP contribution in [0.15, 0.2) is 91.0 Å². The van der Waals surface area contributed by atoms with E-state index in [1.165, 1.54) is 17.5 Å². The predicted octanol–water partition coefficient (Wildman–Crippen LogP) is 9.80. The molecule has 5 aliphatic carbocycles. The van der Waals surface area contributed by atoms with Crippen LogP contribution in [-0.2, 0) is 28.5 Å². The van der Waals surface area contributed by atoms with Crippen LogP contribution < -0.4 is 25.0 Å². The van der Waals surface area contributed by atoms with E-state index in [0.29, 0.717) is 58.9 Å². The van der Waals surface area contributed by atoms with E-state index in [0.717, 1.165) is 48.9 Å². The molecule has 2 N–H and O–H groups in total. The molecule has 5 aliphatic rings. The topological polar surface area (TPSA) is 172 Å². The third-order valence-corrected chi connectivity index (χ3v) is 16.0. The first kappa shape index (κ1) is 56.0. The van der Waals surface area contributed by atoms with E-state index < -0.39 is 23.1 Å². The number of carbonyl (C=O) groups is 4. The Balaban J connectivity index is 0.892. The minimum absolute atomic E-state index is 0.0283. The first-order chi connectivity index (χ1) is 37.5. The van der Waals surface area contributed by atoms with Gasteiger partial charge in [0.2, 0.25) is 0 Å². The van der Waals surface area contributed by atoms with Crippen LogP contribution in [0.5, 0.6) is 11.5 Å². The Hall–Kier alpha value is -6.75. The molecule has 1 aromatic heterocycles. The third-order valence-electron chi connectivity index (χ3n) is 16.0. The summed E-state index contributed by atoms with van der Waals surface area (Å²) in [7, 11) is 7.18. The summed E-state index contributed by atoms with van der Waals surface area (Å²) < 4.78 is 37.1. The fourth-order valence-electron chi connectivity index (χ4n) is 12.7. The second kappa shape index (κ2) is 24.1. The minimum Gasteiger partial charge on any atom is -0.496 e. The van der Waals surface area contributed by atoms with Crippen LogP contribution in [0.2, 0.25) is 0 Å². The molecule has 16 heteroatoms. The number of esters is 1. The smallest absolute Gasteiger partial charge is 0.407 e. The van der Waals surface area contributed by atoms with Crippen molar-refractivity contribution in [2.75, 3.05) is 85.9 Å². The number of methoxy groups -OCH3 is 2. The number of anilines is 1. The highest BCUT2D eigenvalue weighted by atomic mass is 16.6. The molecule has 4 saturated carbocycles. The minimum atomic E-state index is -1.18. The zero-order valence-electron chi connectivity index (χ0n) is 46.9. The van der Waals surface area contributed by atoms with E-state index in [1.807, 2.05) is 95.5 Å². The number of aromatic nitrogens is 2. The molecule has 16 nitrogen and oxygen atoms in total. The van der Waals surface area contributed by atoms with Crippen LogP contribution >= 0.6 is 0 Å². The third kappa shape index (κ3) is 12.0. The highest BCUT2D eigenvalue weighted by molar-refractivity contribution is 5.99. The van der Waals surface area contributed by atoms with Gasteiger partial charge in [-0.05, 0) is 174 Å². The fourth-order valence-corrected chi connectivity index (χ4v) is 12.7. The summed E-state index contributed by atoms with van der Waals surface area (Å²) in [6.45, 7) is 11.9. The Morgan fingerprint density at radius 1 is 0.769 bits per heavy atom. The number of benzene rings is 4. The number of amides is 3. The molecular formula is C62H78N6O10. The van der Waals surface area contributed by atoms with Crippen LogP contribution in [-0.4, -0.2) is 131 Å². The van der Waals surface area contributed by atoms with Crippen LogP contribution in [0, 0.1) is 23.7 Å². The van der Waals surface area contributed by atoms with Crippen LogP contribution in [0.4, 0.5) is 10.5 Å². The maximum Gasteiger partial charge on any atom is 0.407 e. The summed E-state index contributed by atoms with van der Waals surface area (Å²) >= 11 is 0. The molecule has 0 saturated heterocycles. The summed E-state index contributed by atoms with van der Waals surface area (Å²) in [4.78, 5) is 60.3. The van der Waals surface area contributed by atoms with Gasteiger partial charge >= 0.3 is 12.1 Å². The Labute approximate surface area is 459 Å². The van der Waals surface area contributed by atoms with Gasteiger partial charge in [-0.2, -0.15) is 5.10 Å². The van der Waals surface area contributed by atoms with Gasteiger partial charge in [-0.1, -0.05) is 68.4 Å². The van der Waals surface area contributed by atoms with E-state index in [9.17, 15) is 14.4 Å². The molecule has 0 radical (unpaired) electrons. The van der Waals surface area contributed by atoms with E-state index in [2.05, 4.69) is 53.6 Å². The number of alkyl carbamates (subject to hydrolysis) is 1. The van der Waals surface area contributed by atoms with E-state index in [4.69, 9.17) is 33.5 Å². The Kier molecular flexibility index (Phi) is 17.3. The molecule has 3 amide bonds. The van der Waals surface area contributed by atoms with Crippen molar-refractivity contribution in [2.24, 2.45) is 23.7 Å². The molecule has 0 atom stereocenters. The Morgan fingerprint density at radius 2 is 1.40 bits per heavy atom. The largest absolute Gasteiger partial charge is 0.496 e. The predicted molar refractivity (Wildman–Crippen MR) is 300 cm³/mol. The molecule has 416 valence electrons. The highest BCUT2D eigenvalue weighted by Gasteiger charge is 2.63. The van der Waals surface area contributed by atoms with Crippen molar-refractivity contribution in [1.29, 1.82) is 0 Å². The molecule has 0 aliphatic heterocycles. The number of nitrogens with one attached hydrogen (secondary N) is 2. The quantitative estimate of drug-likeness (QED) is 0.0469. The standard InChI is InChI=1S/C62H78N6O10/c1-39(2)49-35-44(67(26-15-25-66(6)7)56(69)38-76-29-28-75-27-24-63-60(72)77-37-50-47-18-12-10-16-45(47)46-17-11-13-19-48(46)50)22-23-52(49)68-53(57-54(73-8)20-14-21-55(57)74-9)36-51(65-68)58(70)64-62(59(71)78-61(3,4)5)42-31-40-30-41(33-42)34-43(62)32-40/h10-14,16-23,35-36,39-43,50H,15,24-34,37-38H2,1-9H3,(H,63,72)(H,64,70). The van der Waals surface area contributed by atoms with Gasteiger partial charge in [-0.15, -0.1) is 0 Å². The number of carbonyl (C=O) groups excluding carboxylic acids is 4. The SMILES string of the molecule is COc1cccc(OC)c1-c1cc(C(=O)NC2(C(=O)OC(C)(C)C)C3CC4CC(C3)CC2C4)nn1-c1ccc(N(CCCN(C)C)C(=O)COCCOCCNC(=O)OCC2c3ccccc3-c3ccccc32)cc1C(C)C. The van der Waals surface area contributed by atoms with Crippen molar-refractivity contribution >= 4 is 29.6 Å². The molecule has 10 rings (SSSR count). The van der Waals surface area contributed by atoms with E-state index in [-0.39, 0.29) is 80.8 Å². The normalized spacial score (nSPS) is 20.1. The van der Waals surface area contributed by atoms with Gasteiger partial charge in [0.25, 0.3) is 11.8 Å². The number of rotatable bonds is 23. The van der Waals surface area contributed by atoms with Gasteiger partial charge in [-0.3, -0.25) is 9.59 Å². The lowest BCUT2D eigenvalue weighted by Crippen LogP contribution is -2.71. The van der Waals surface area contributed by atoms with Crippen molar-refractivity contribution in [3.05, 3.63) is 113 Å². The maximum atomic E-state index is 15.0. The van der Waals surface area contributed by atoms with Gasteiger partial charge in [-0.25, -0.2) is 14.3 Å². The molecule has 4 fully saturated rings. The van der Waals surface area contributed by atoms with Gasteiger partial charge < -0.3 is 48.9 Å². The number of nitrogens with zero attached hydrogens (tertiary/aromatic N) is 4. The van der Waals surface area contributed by atoms with Crippen molar-refractivity contribution in [3.63, 3.8) is 0 Å². The monoisotopic (exact) mass is 1070 g/mol. The first-order valence-corrected chi connectivity index (χ1v) is 27.7. The van der Waals surface area contributed by atoms with Gasteiger partial charge in [0.15, 0.2) is 5.69 Å². The summed E-state index contributed by atoms with van der Waals surface area (Å²) in [5, 5.41) is 11.2. The Bertz CT molecular complexity index is 2860. The fraction of sp³-hybridized carbons (Fsp3) is 0.500. The molecular weight excluding hydrogens is 989 g/mol. The van der Waals surface area contributed by atoms with Crippen LogP contribution in [0.3, 0.4) is 0 Å². The number of ether oxygens (including phenoxy) is 6. The zero-order chi connectivity index (χ0) is 55.3. The second-order valence-electron chi connectivity index (χ2n) is 23.0. The first-order valence-electron chi connectivity index (χ1n) is 27.7. The van der Waals surface area contributed by atoms with Gasteiger partial charge in [0.05, 0.1) is 51.0 Å². The van der Waals surface area contributed by atoms with Crippen LogP contribution in [0.25, 0.3) is 28.1 Å². The summed E-state index contributed by atoms with van der Waals surface area (Å²) in [6.07, 6.45) is 4.86. The number of hydrogen-bond donors (Lipinski definition) is 2. The molecule has 4 bridgehead atoms. The van der Waals surface area contributed by atoms with Crippen molar-refractivity contribution in [2.45, 2.75) is 96.1 Å². The molecule has 1 heterocycles. The highest BCUT2D eigenvalue weighted by Crippen LogP contribution is 2.59. The number of fused-ring (bicyclic) bond motifs is 3. The maximum absolute atomic E-state index is 15.0. The summed E-state index contributed by atoms with van der Waals surface area (Å²) in [6, 6.07) is 29.5. The average Bonchev–Trinajstić information content (AvgIpc) is 4.05. The number of hydrogen-bond acceptors (Lipinski definition) is 12. The summed E-state index contributed by atoms with van der Waals surface area (Å²) in [5.74, 6) is 0.901. The van der Waals surface area contributed by atoms with Gasteiger partial charge in [0.1, 0.15) is 35.9 Å². The van der Waals surface area contributed by atoms with Crippen molar-refractivity contribution < 1.29 is 47.6 Å². The van der Waals surface area contributed by atoms with E-state index >= 15 is 4.79 Å². The lowest BCUT2D eigenvalue weighted by Gasteiger charge is -2.59. The summed E-state index contributed by atoms with van der Waals surface area (Å²) in [5.41, 5.74) is 6.22. The Morgan fingerprint density at radius 3 is 2.00 bits per heavy atom. The average molecular weight is 1070 g/mol. The lowest BCUT2D eigenvalue weighted by atomic mass is 9.48. The van der Waals surface area contributed by atoms with Gasteiger partial charge in [0, 0.05) is 24.7 Å². The molecule has 78 heavy (non-hydrogen) atoms. The molecule has 0 spiro atoms. The molecule has 4 aromatic carbocycles. The van der Waals surface area contributed by atoms with E-state index in [1.54, 1.807) is 29.9 Å². The van der Waals surface area contributed by atoms with Crippen LogP contribution in [0.1, 0.15) is 112 Å². The zero-order valence-corrected chi connectivity index (χ0v) is 46.9.